The van der Waals surface area contributed by atoms with Crippen molar-refractivity contribution in [2.45, 2.75) is 4.90 Å². The third kappa shape index (κ3) is 3.44. The summed E-state index contributed by atoms with van der Waals surface area (Å²) in [6, 6.07) is 6.40. The van der Waals surface area contributed by atoms with Crippen LogP contribution in [0.15, 0.2) is 41.4 Å². The maximum atomic E-state index is 14.1. The predicted octanol–water partition coefficient (Wildman–Crippen LogP) is 4.09. The van der Waals surface area contributed by atoms with Crippen LogP contribution < -0.4 is 5.32 Å². The normalized spacial score (nSPS) is 11.1. The van der Waals surface area contributed by atoms with Crippen molar-refractivity contribution < 1.29 is 22.7 Å². The fraction of sp³-hybridized carbons (Fsp3) is 0. The highest BCUT2D eigenvalue weighted by atomic mass is 35.5. The first-order valence-corrected chi connectivity index (χ1v) is 8.93. The second-order valence-electron chi connectivity index (χ2n) is 5.18. The Morgan fingerprint density at radius 3 is 2.54 bits per heavy atom. The number of anilines is 2. The van der Waals surface area contributed by atoms with E-state index in [4.69, 9.17) is 23.2 Å². The Labute approximate surface area is 158 Å². The zero-order valence-corrected chi connectivity index (χ0v) is 15.1. The van der Waals surface area contributed by atoms with Crippen LogP contribution in [0.3, 0.4) is 0 Å². The first-order chi connectivity index (χ1) is 12.3. The smallest absolute Gasteiger partial charge is 0.337 e. The number of aromatic carboxylic acids is 1. The molecule has 26 heavy (non-hydrogen) atoms. The van der Waals surface area contributed by atoms with Gasteiger partial charge in [-0.1, -0.05) is 23.2 Å². The summed E-state index contributed by atoms with van der Waals surface area (Å²) in [5.41, 5.74) is -0.245. The van der Waals surface area contributed by atoms with Gasteiger partial charge >= 0.3 is 5.97 Å². The zero-order valence-electron chi connectivity index (χ0n) is 12.7. The van der Waals surface area contributed by atoms with Gasteiger partial charge in [-0.3, -0.25) is 4.98 Å². The second-order valence-corrected chi connectivity index (χ2v) is 7.05. The van der Waals surface area contributed by atoms with Crippen molar-refractivity contribution in [3.63, 3.8) is 0 Å². The van der Waals surface area contributed by atoms with E-state index in [9.17, 15) is 22.7 Å². The van der Waals surface area contributed by atoms with Gasteiger partial charge in [-0.15, -0.1) is 0 Å². The summed E-state index contributed by atoms with van der Waals surface area (Å²) in [5.74, 6) is -2.01. The Morgan fingerprint density at radius 1 is 1.15 bits per heavy atom. The number of hydrogen-bond donors (Lipinski definition) is 3. The SMILES string of the molecule is O=C(O)c1cc(Cl)ccc1Nc1c([SH](=O)=O)cnc2c(F)cc(Cl)cc12. The van der Waals surface area contributed by atoms with Crippen molar-refractivity contribution in [3.05, 3.63) is 58.0 Å². The van der Waals surface area contributed by atoms with Crippen LogP contribution >= 0.6 is 23.2 Å². The van der Waals surface area contributed by atoms with Gasteiger partial charge in [-0.2, -0.15) is 0 Å². The summed E-state index contributed by atoms with van der Waals surface area (Å²) in [7, 11) is -3.10. The molecule has 0 saturated carbocycles. The van der Waals surface area contributed by atoms with Crippen molar-refractivity contribution in [3.8, 4) is 0 Å². The minimum absolute atomic E-state index is 0.0302. The van der Waals surface area contributed by atoms with Gasteiger partial charge in [0, 0.05) is 21.6 Å². The topological polar surface area (TPSA) is 96.4 Å². The molecule has 0 fully saturated rings. The van der Waals surface area contributed by atoms with Gasteiger partial charge in [-0.25, -0.2) is 17.6 Å². The highest BCUT2D eigenvalue weighted by Crippen LogP contribution is 2.34. The number of nitrogens with one attached hydrogen (secondary N) is 1. The summed E-state index contributed by atoms with van der Waals surface area (Å²) < 4.78 is 37.3. The molecule has 2 aromatic carbocycles. The van der Waals surface area contributed by atoms with Gasteiger partial charge in [0.05, 0.1) is 16.9 Å². The quantitative estimate of drug-likeness (QED) is 0.556. The Hall–Kier alpha value is -2.42. The van der Waals surface area contributed by atoms with E-state index in [0.29, 0.717) is 0 Å². The van der Waals surface area contributed by atoms with Crippen LogP contribution in [0.25, 0.3) is 10.9 Å². The minimum atomic E-state index is -3.10. The molecule has 3 rings (SSSR count). The molecule has 0 radical (unpaired) electrons. The molecular weight excluding hydrogens is 406 g/mol. The van der Waals surface area contributed by atoms with Gasteiger partial charge < -0.3 is 10.4 Å². The number of carboxylic acid groups (broad SMARTS) is 1. The van der Waals surface area contributed by atoms with Crippen molar-refractivity contribution >= 4 is 62.2 Å². The van der Waals surface area contributed by atoms with Gasteiger partial charge in [0.25, 0.3) is 0 Å². The largest absolute Gasteiger partial charge is 0.478 e. The third-order valence-corrected chi connectivity index (χ3v) is 4.72. The first kappa shape index (κ1) is 18.4. The minimum Gasteiger partial charge on any atom is -0.478 e. The van der Waals surface area contributed by atoms with E-state index < -0.39 is 22.5 Å². The van der Waals surface area contributed by atoms with E-state index in [-0.39, 0.29) is 42.8 Å². The Bertz CT molecular complexity index is 1130. The van der Waals surface area contributed by atoms with E-state index in [1.165, 1.54) is 24.3 Å². The fourth-order valence-corrected chi connectivity index (χ4v) is 3.31. The van der Waals surface area contributed by atoms with Crippen molar-refractivity contribution in [2.24, 2.45) is 0 Å². The number of thiol groups is 1. The molecule has 0 aliphatic rings. The van der Waals surface area contributed by atoms with Crippen LogP contribution in [0.2, 0.25) is 10.0 Å². The Balaban J connectivity index is 2.31. The molecule has 0 aliphatic carbocycles. The molecule has 2 N–H and O–H groups in total. The lowest BCUT2D eigenvalue weighted by Crippen LogP contribution is -2.05. The predicted molar refractivity (Wildman–Crippen MR) is 97.0 cm³/mol. The second kappa shape index (κ2) is 7.06. The van der Waals surface area contributed by atoms with Gasteiger partial charge in [0.15, 0.2) is 16.5 Å². The number of carboxylic acids is 1. The summed E-state index contributed by atoms with van der Waals surface area (Å²) in [4.78, 5) is 15.0. The first-order valence-electron chi connectivity index (χ1n) is 7.00. The highest BCUT2D eigenvalue weighted by Gasteiger charge is 2.18. The van der Waals surface area contributed by atoms with Gasteiger partial charge in [0.2, 0.25) is 0 Å². The van der Waals surface area contributed by atoms with E-state index in [2.05, 4.69) is 10.3 Å². The molecule has 0 unspecified atom stereocenters. The van der Waals surface area contributed by atoms with Crippen LogP contribution in [0.5, 0.6) is 0 Å². The van der Waals surface area contributed by atoms with Crippen molar-refractivity contribution in [1.29, 1.82) is 0 Å². The number of halogens is 3. The van der Waals surface area contributed by atoms with Crippen LogP contribution in [0.1, 0.15) is 10.4 Å². The number of rotatable bonds is 4. The molecular formula is C16H9Cl2FN2O4S. The highest BCUT2D eigenvalue weighted by molar-refractivity contribution is 7.72. The van der Waals surface area contributed by atoms with E-state index in [1.807, 2.05) is 0 Å². The molecule has 10 heteroatoms. The molecule has 6 nitrogen and oxygen atoms in total. The number of fused-ring (bicyclic) bond motifs is 1. The maximum absolute atomic E-state index is 14.1. The zero-order chi connectivity index (χ0) is 19.0. The Kier molecular flexibility index (Phi) is 4.99. The summed E-state index contributed by atoms with van der Waals surface area (Å²) in [5, 5.41) is 12.4. The van der Waals surface area contributed by atoms with E-state index in [1.54, 1.807) is 0 Å². The van der Waals surface area contributed by atoms with Crippen molar-refractivity contribution in [2.75, 3.05) is 5.32 Å². The number of aromatic nitrogens is 1. The molecule has 0 bridgehead atoms. The number of pyridine rings is 1. The number of nitrogens with zero attached hydrogens (tertiary/aromatic N) is 1. The van der Waals surface area contributed by atoms with Gasteiger partial charge in [-0.05, 0) is 30.3 Å². The van der Waals surface area contributed by atoms with Crippen LogP contribution in [-0.2, 0) is 10.7 Å². The average Bonchev–Trinajstić information content (AvgIpc) is 2.56. The molecule has 0 amide bonds. The van der Waals surface area contributed by atoms with E-state index in [0.717, 1.165) is 12.3 Å². The fourth-order valence-electron chi connectivity index (χ4n) is 2.42. The number of hydrogen-bond acceptors (Lipinski definition) is 5. The van der Waals surface area contributed by atoms with Gasteiger partial charge in [0.1, 0.15) is 10.4 Å². The molecule has 0 atom stereocenters. The molecule has 0 saturated heterocycles. The van der Waals surface area contributed by atoms with Crippen molar-refractivity contribution in [1.82, 2.24) is 4.98 Å². The molecule has 0 spiro atoms. The molecule has 1 aromatic heterocycles. The lowest BCUT2D eigenvalue weighted by Gasteiger charge is -2.14. The van der Waals surface area contributed by atoms with Crippen LogP contribution in [-0.4, -0.2) is 24.5 Å². The summed E-state index contributed by atoms with van der Waals surface area (Å²) in [6.45, 7) is 0. The molecule has 0 aliphatic heterocycles. The average molecular weight is 415 g/mol. The Morgan fingerprint density at radius 2 is 1.88 bits per heavy atom. The standard InChI is InChI=1S/C16H9Cl2FN2O4S/c17-7-1-2-12(9(3-7)16(22)23)21-15-10-4-8(18)5-11(19)14(10)20-6-13(15)26(24)25/h1-6,26H,(H,20,21)(H,22,23). The summed E-state index contributed by atoms with van der Waals surface area (Å²) in [6.07, 6.45) is 0.990. The summed E-state index contributed by atoms with van der Waals surface area (Å²) >= 11 is 11.7. The lowest BCUT2D eigenvalue weighted by molar-refractivity contribution is 0.0698. The van der Waals surface area contributed by atoms with Crippen LogP contribution in [0.4, 0.5) is 15.8 Å². The van der Waals surface area contributed by atoms with Crippen LogP contribution in [0, 0.1) is 5.82 Å². The lowest BCUT2D eigenvalue weighted by atomic mass is 10.1. The maximum Gasteiger partial charge on any atom is 0.337 e. The van der Waals surface area contributed by atoms with E-state index >= 15 is 0 Å². The third-order valence-electron chi connectivity index (χ3n) is 3.54. The monoisotopic (exact) mass is 414 g/mol. The molecule has 134 valence electrons. The molecule has 3 aromatic rings. The number of benzene rings is 2. The number of carbonyl (C=O) groups is 1. The molecule has 1 heterocycles.